The van der Waals surface area contributed by atoms with Crippen molar-refractivity contribution in [2.75, 3.05) is 0 Å². The molecule has 0 aromatic rings. The van der Waals surface area contributed by atoms with Crippen molar-refractivity contribution < 1.29 is 5.11 Å². The third-order valence-electron chi connectivity index (χ3n) is 3.38. The Morgan fingerprint density at radius 3 is 2.07 bits per heavy atom. The van der Waals surface area contributed by atoms with Gasteiger partial charge < -0.3 is 5.11 Å². The van der Waals surface area contributed by atoms with Crippen molar-refractivity contribution in [1.82, 2.24) is 0 Å². The van der Waals surface area contributed by atoms with Crippen LogP contribution in [0.15, 0.2) is 0 Å². The molecule has 1 aliphatic carbocycles. The van der Waals surface area contributed by atoms with E-state index in [1.807, 2.05) is 0 Å². The Bertz CT molecular complexity index is 220. The van der Waals surface area contributed by atoms with Gasteiger partial charge in [-0.15, -0.1) is 0 Å². The molecule has 0 radical (unpaired) electrons. The van der Waals surface area contributed by atoms with E-state index in [2.05, 4.69) is 41.5 Å². The summed E-state index contributed by atoms with van der Waals surface area (Å²) in [6, 6.07) is 0. The summed E-state index contributed by atoms with van der Waals surface area (Å²) in [4.78, 5) is 0. The van der Waals surface area contributed by atoms with Crippen molar-refractivity contribution in [3.05, 3.63) is 0 Å². The van der Waals surface area contributed by atoms with Crippen molar-refractivity contribution in [1.29, 1.82) is 0 Å². The van der Waals surface area contributed by atoms with Crippen molar-refractivity contribution >= 4 is 0 Å². The molecule has 1 fully saturated rings. The van der Waals surface area contributed by atoms with E-state index < -0.39 is 0 Å². The van der Waals surface area contributed by atoms with Crippen LogP contribution in [0.25, 0.3) is 0 Å². The van der Waals surface area contributed by atoms with E-state index in [1.165, 1.54) is 12.8 Å². The Balaban J connectivity index is 2.75. The molecule has 2 unspecified atom stereocenters. The molecule has 0 aliphatic heterocycles. The zero-order chi connectivity index (χ0) is 11.9. The number of rotatable bonds is 1. The minimum Gasteiger partial charge on any atom is -0.393 e. The van der Waals surface area contributed by atoms with Gasteiger partial charge in [-0.3, -0.25) is 0 Å². The second-order valence-electron chi connectivity index (χ2n) is 7.95. The van der Waals surface area contributed by atoms with Crippen LogP contribution in [0.2, 0.25) is 0 Å². The molecule has 1 heteroatoms. The summed E-state index contributed by atoms with van der Waals surface area (Å²) < 4.78 is 0. The molecule has 1 aliphatic rings. The van der Waals surface area contributed by atoms with E-state index >= 15 is 0 Å². The first-order valence-electron chi connectivity index (χ1n) is 6.20. The average molecular weight is 212 g/mol. The van der Waals surface area contributed by atoms with Crippen LogP contribution < -0.4 is 0 Å². The maximum atomic E-state index is 9.98. The van der Waals surface area contributed by atoms with Gasteiger partial charge in [-0.2, -0.15) is 0 Å². The molecule has 1 nitrogen and oxygen atoms in total. The zero-order valence-corrected chi connectivity index (χ0v) is 11.4. The molecule has 0 aromatic heterocycles. The van der Waals surface area contributed by atoms with Crippen LogP contribution in [0.5, 0.6) is 0 Å². The third-order valence-corrected chi connectivity index (χ3v) is 3.38. The standard InChI is InChI=1S/C14H28O/c1-12(2,3)9-14(6)8-11(15)7-13(4,5)10-14/h11,15H,7-10H2,1-6H3. The molecule has 0 saturated heterocycles. The van der Waals surface area contributed by atoms with Gasteiger partial charge in [-0.05, 0) is 41.9 Å². The van der Waals surface area contributed by atoms with Crippen LogP contribution in [0.1, 0.15) is 67.2 Å². The van der Waals surface area contributed by atoms with Gasteiger partial charge in [0.25, 0.3) is 0 Å². The number of aliphatic hydroxyl groups is 1. The van der Waals surface area contributed by atoms with Crippen LogP contribution in [-0.2, 0) is 0 Å². The first-order valence-corrected chi connectivity index (χ1v) is 6.20. The molecule has 0 amide bonds. The fourth-order valence-electron chi connectivity index (χ4n) is 3.99. The summed E-state index contributed by atoms with van der Waals surface area (Å²) in [5.74, 6) is 0. The van der Waals surface area contributed by atoms with E-state index in [9.17, 15) is 5.11 Å². The Kier molecular flexibility index (Phi) is 3.27. The lowest BCUT2D eigenvalue weighted by atomic mass is 9.59. The largest absolute Gasteiger partial charge is 0.393 e. The lowest BCUT2D eigenvalue weighted by molar-refractivity contribution is -0.0267. The average Bonchev–Trinajstić information content (AvgIpc) is 1.70. The van der Waals surface area contributed by atoms with Crippen LogP contribution in [-0.4, -0.2) is 11.2 Å². The molecule has 1 saturated carbocycles. The van der Waals surface area contributed by atoms with Gasteiger partial charge in [0, 0.05) is 0 Å². The molecular formula is C14H28O. The Morgan fingerprint density at radius 1 is 1.13 bits per heavy atom. The van der Waals surface area contributed by atoms with Gasteiger partial charge in [-0.25, -0.2) is 0 Å². The summed E-state index contributed by atoms with van der Waals surface area (Å²) >= 11 is 0. The lowest BCUT2D eigenvalue weighted by Crippen LogP contribution is -2.40. The van der Waals surface area contributed by atoms with E-state index in [0.29, 0.717) is 16.2 Å². The van der Waals surface area contributed by atoms with Crippen molar-refractivity contribution in [2.24, 2.45) is 16.2 Å². The van der Waals surface area contributed by atoms with Gasteiger partial charge in [0.1, 0.15) is 0 Å². The molecule has 0 heterocycles. The van der Waals surface area contributed by atoms with Crippen molar-refractivity contribution in [3.8, 4) is 0 Å². The zero-order valence-electron chi connectivity index (χ0n) is 11.4. The molecule has 0 bridgehead atoms. The first-order chi connectivity index (χ1) is 6.52. The highest BCUT2D eigenvalue weighted by atomic mass is 16.3. The van der Waals surface area contributed by atoms with Gasteiger partial charge in [-0.1, -0.05) is 41.5 Å². The normalized spacial score (nSPS) is 36.6. The van der Waals surface area contributed by atoms with Crippen LogP contribution in [0.4, 0.5) is 0 Å². The number of hydrogen-bond acceptors (Lipinski definition) is 1. The summed E-state index contributed by atoms with van der Waals surface area (Å²) in [6.45, 7) is 13.8. The molecule has 1 N–H and O–H groups in total. The second-order valence-corrected chi connectivity index (χ2v) is 7.95. The molecule has 15 heavy (non-hydrogen) atoms. The topological polar surface area (TPSA) is 20.2 Å². The highest BCUT2D eigenvalue weighted by Gasteiger charge is 2.42. The van der Waals surface area contributed by atoms with Crippen LogP contribution in [0.3, 0.4) is 0 Å². The third kappa shape index (κ3) is 4.14. The molecule has 0 spiro atoms. The predicted molar refractivity (Wildman–Crippen MR) is 65.8 cm³/mol. The number of hydrogen-bond donors (Lipinski definition) is 1. The Hall–Kier alpha value is -0.0400. The molecular weight excluding hydrogens is 184 g/mol. The van der Waals surface area contributed by atoms with E-state index in [4.69, 9.17) is 0 Å². The SMILES string of the molecule is CC(C)(C)CC1(C)CC(O)CC(C)(C)C1. The quantitative estimate of drug-likeness (QED) is 0.696. The Morgan fingerprint density at radius 2 is 1.67 bits per heavy atom. The van der Waals surface area contributed by atoms with Crippen molar-refractivity contribution in [3.63, 3.8) is 0 Å². The van der Waals surface area contributed by atoms with Gasteiger partial charge >= 0.3 is 0 Å². The summed E-state index contributed by atoms with van der Waals surface area (Å²) in [6.07, 6.45) is 4.30. The maximum absolute atomic E-state index is 9.98. The van der Waals surface area contributed by atoms with Gasteiger partial charge in [0.05, 0.1) is 6.10 Å². The summed E-state index contributed by atoms with van der Waals surface area (Å²) in [7, 11) is 0. The first kappa shape index (κ1) is 13.0. The van der Waals surface area contributed by atoms with E-state index in [-0.39, 0.29) is 6.10 Å². The summed E-state index contributed by atoms with van der Waals surface area (Å²) in [5.41, 5.74) is 0.985. The minimum absolute atomic E-state index is 0.0962. The van der Waals surface area contributed by atoms with Crippen molar-refractivity contribution in [2.45, 2.75) is 73.3 Å². The second kappa shape index (κ2) is 3.76. The van der Waals surface area contributed by atoms with Gasteiger partial charge in [0.15, 0.2) is 0 Å². The molecule has 2 atom stereocenters. The molecule has 1 rings (SSSR count). The fourth-order valence-corrected chi connectivity index (χ4v) is 3.99. The number of aliphatic hydroxyl groups excluding tert-OH is 1. The monoisotopic (exact) mass is 212 g/mol. The highest BCUT2D eigenvalue weighted by molar-refractivity contribution is 4.93. The Labute approximate surface area is 95.3 Å². The maximum Gasteiger partial charge on any atom is 0.0550 e. The smallest absolute Gasteiger partial charge is 0.0550 e. The predicted octanol–water partition coefficient (Wildman–Crippen LogP) is 4.00. The highest BCUT2D eigenvalue weighted by Crippen LogP contribution is 2.50. The fraction of sp³-hybridized carbons (Fsp3) is 1.00. The van der Waals surface area contributed by atoms with Gasteiger partial charge in [0.2, 0.25) is 0 Å². The molecule has 0 aromatic carbocycles. The minimum atomic E-state index is -0.0962. The van der Waals surface area contributed by atoms with E-state index in [0.717, 1.165) is 12.8 Å². The van der Waals surface area contributed by atoms with Crippen LogP contribution >= 0.6 is 0 Å². The van der Waals surface area contributed by atoms with E-state index in [1.54, 1.807) is 0 Å². The lowest BCUT2D eigenvalue weighted by Gasteiger charge is -2.47. The molecule has 90 valence electrons. The van der Waals surface area contributed by atoms with Crippen LogP contribution in [0, 0.1) is 16.2 Å². The summed E-state index contributed by atoms with van der Waals surface area (Å²) in [5, 5.41) is 9.98.